The van der Waals surface area contributed by atoms with Gasteiger partial charge in [-0.15, -0.1) is 4.37 Å². The van der Waals surface area contributed by atoms with Crippen LogP contribution in [-0.4, -0.2) is 39.9 Å². The Morgan fingerprint density at radius 3 is 2.74 bits per heavy atom. The zero-order chi connectivity index (χ0) is 15.5. The van der Waals surface area contributed by atoms with Crippen molar-refractivity contribution in [2.24, 2.45) is 5.92 Å². The van der Waals surface area contributed by atoms with Gasteiger partial charge in [-0.3, -0.25) is 0 Å². The first kappa shape index (κ1) is 14.7. The molecule has 3 aliphatic heterocycles. The molecule has 2 aromatic rings. The Bertz CT molecular complexity index is 711. The largest absolute Gasteiger partial charge is 0.463 e. The van der Waals surface area contributed by atoms with Crippen molar-refractivity contribution in [3.63, 3.8) is 0 Å². The van der Waals surface area contributed by atoms with E-state index in [-0.39, 0.29) is 0 Å². The van der Waals surface area contributed by atoms with Crippen LogP contribution in [0.1, 0.15) is 30.0 Å². The van der Waals surface area contributed by atoms with Gasteiger partial charge in [0.1, 0.15) is 5.69 Å². The van der Waals surface area contributed by atoms with E-state index in [1.807, 2.05) is 30.3 Å². The zero-order valence-corrected chi connectivity index (χ0v) is 13.8. The third kappa shape index (κ3) is 3.24. The van der Waals surface area contributed by atoms with Gasteiger partial charge in [-0.25, -0.2) is 0 Å². The van der Waals surface area contributed by atoms with Crippen LogP contribution < -0.4 is 4.74 Å². The Kier molecular flexibility index (Phi) is 4.27. The average Bonchev–Trinajstić information content (AvgIpc) is 3.09. The van der Waals surface area contributed by atoms with Gasteiger partial charge in [0.05, 0.1) is 11.7 Å². The summed E-state index contributed by atoms with van der Waals surface area (Å²) in [6.07, 6.45) is 2.55. The van der Waals surface area contributed by atoms with Crippen molar-refractivity contribution >= 4 is 11.7 Å². The van der Waals surface area contributed by atoms with Crippen LogP contribution in [0.4, 0.5) is 0 Å². The van der Waals surface area contributed by atoms with Crippen LogP contribution in [0, 0.1) is 17.8 Å². The third-order valence-corrected chi connectivity index (χ3v) is 5.30. The van der Waals surface area contributed by atoms with Crippen LogP contribution in [-0.2, 0) is 0 Å². The lowest BCUT2D eigenvalue weighted by Gasteiger charge is -2.44. The van der Waals surface area contributed by atoms with Crippen LogP contribution in [0.3, 0.4) is 0 Å². The van der Waals surface area contributed by atoms with E-state index in [9.17, 15) is 0 Å². The van der Waals surface area contributed by atoms with Gasteiger partial charge in [0, 0.05) is 18.0 Å². The third-order valence-electron chi connectivity index (χ3n) is 4.78. The molecule has 2 bridgehead atoms. The molecule has 23 heavy (non-hydrogen) atoms. The summed E-state index contributed by atoms with van der Waals surface area (Å²) in [5.41, 5.74) is 2.05. The quantitative estimate of drug-likeness (QED) is 0.814. The van der Waals surface area contributed by atoms with Gasteiger partial charge in [-0.1, -0.05) is 30.0 Å². The number of piperidine rings is 3. The minimum absolute atomic E-state index is 0.356. The van der Waals surface area contributed by atoms with Gasteiger partial charge in [0.25, 0.3) is 0 Å². The summed E-state index contributed by atoms with van der Waals surface area (Å²) in [5.74, 6) is 8.07. The first-order valence-corrected chi connectivity index (χ1v) is 8.85. The standard InChI is InChI=1S/C18H19N3OS/c1-2-5-14(6-3-1)7-4-12-22-18-17(19-23-20-18)16-13-21-10-8-15(16)9-11-21/h1-3,5-6,15-16H,8-13H2/t16-/m1/s1. The second-order valence-electron chi connectivity index (χ2n) is 6.16. The van der Waals surface area contributed by atoms with Crippen molar-refractivity contribution in [2.45, 2.75) is 18.8 Å². The van der Waals surface area contributed by atoms with E-state index in [0.29, 0.717) is 18.4 Å². The fourth-order valence-corrected chi connectivity index (χ4v) is 4.12. The van der Waals surface area contributed by atoms with Crippen LogP contribution in [0.15, 0.2) is 30.3 Å². The molecule has 0 aliphatic carbocycles. The molecular weight excluding hydrogens is 306 g/mol. The van der Waals surface area contributed by atoms with Crippen molar-refractivity contribution < 1.29 is 4.74 Å². The Hall–Kier alpha value is -1.90. The number of nitrogens with zero attached hydrogens (tertiary/aromatic N) is 3. The molecule has 3 aliphatic rings. The molecule has 118 valence electrons. The molecule has 5 rings (SSSR count). The first-order chi connectivity index (χ1) is 11.4. The monoisotopic (exact) mass is 325 g/mol. The molecule has 1 atom stereocenters. The SMILES string of the molecule is C(#Cc1ccccc1)COc1nsnc1[C@@H]1CN2CCC1CC2. The van der Waals surface area contributed by atoms with Gasteiger partial charge in [0.15, 0.2) is 6.61 Å². The van der Waals surface area contributed by atoms with E-state index in [2.05, 4.69) is 25.5 Å². The highest BCUT2D eigenvalue weighted by Gasteiger charge is 2.38. The summed E-state index contributed by atoms with van der Waals surface area (Å²) in [4.78, 5) is 2.53. The number of aromatic nitrogens is 2. The number of rotatable bonds is 3. The Balaban J connectivity index is 1.41. The van der Waals surface area contributed by atoms with Gasteiger partial charge >= 0.3 is 0 Å². The van der Waals surface area contributed by atoms with Crippen molar-refractivity contribution in [1.29, 1.82) is 0 Å². The molecule has 5 heteroatoms. The summed E-state index contributed by atoms with van der Waals surface area (Å²) < 4.78 is 14.7. The molecule has 3 fully saturated rings. The Labute approximate surface area is 140 Å². The molecule has 0 N–H and O–H groups in total. The maximum Gasteiger partial charge on any atom is 0.250 e. The molecule has 0 radical (unpaired) electrons. The molecule has 3 saturated heterocycles. The van der Waals surface area contributed by atoms with Gasteiger partial charge in [0.2, 0.25) is 5.88 Å². The maximum atomic E-state index is 5.80. The summed E-state index contributed by atoms with van der Waals surface area (Å²) in [6, 6.07) is 9.95. The molecule has 1 aromatic heterocycles. The minimum atomic E-state index is 0.356. The smallest absolute Gasteiger partial charge is 0.250 e. The van der Waals surface area contributed by atoms with Crippen molar-refractivity contribution in [3.05, 3.63) is 41.6 Å². The second kappa shape index (κ2) is 6.69. The highest BCUT2D eigenvalue weighted by atomic mass is 32.1. The van der Waals surface area contributed by atoms with Crippen LogP contribution in [0.5, 0.6) is 5.88 Å². The number of hydrogen-bond acceptors (Lipinski definition) is 5. The second-order valence-corrected chi connectivity index (χ2v) is 6.68. The van der Waals surface area contributed by atoms with E-state index in [1.54, 1.807) is 0 Å². The van der Waals surface area contributed by atoms with Crippen molar-refractivity contribution in [3.8, 4) is 17.7 Å². The molecule has 4 nitrogen and oxygen atoms in total. The molecule has 4 heterocycles. The van der Waals surface area contributed by atoms with Crippen LogP contribution >= 0.6 is 11.7 Å². The topological polar surface area (TPSA) is 38.3 Å². The minimum Gasteiger partial charge on any atom is -0.463 e. The van der Waals surface area contributed by atoms with Gasteiger partial charge in [-0.05, 0) is 44.0 Å². The zero-order valence-electron chi connectivity index (χ0n) is 12.9. The number of fused-ring (bicyclic) bond motifs is 3. The predicted octanol–water partition coefficient (Wildman–Crippen LogP) is 2.78. The van der Waals surface area contributed by atoms with E-state index in [0.717, 1.165) is 23.7 Å². The Morgan fingerprint density at radius 2 is 2.00 bits per heavy atom. The summed E-state index contributed by atoms with van der Waals surface area (Å²) in [6.45, 7) is 3.92. The van der Waals surface area contributed by atoms with Crippen LogP contribution in [0.2, 0.25) is 0 Å². The lowest BCUT2D eigenvalue weighted by Crippen LogP contribution is -2.46. The molecule has 0 saturated carbocycles. The highest BCUT2D eigenvalue weighted by molar-refractivity contribution is 6.99. The van der Waals surface area contributed by atoms with Gasteiger partial charge < -0.3 is 9.64 Å². The molecule has 0 unspecified atom stereocenters. The molecular formula is C18H19N3OS. The lowest BCUT2D eigenvalue weighted by molar-refractivity contribution is 0.0843. The Morgan fingerprint density at radius 1 is 1.17 bits per heavy atom. The number of benzene rings is 1. The fourth-order valence-electron chi connectivity index (χ4n) is 3.55. The van der Waals surface area contributed by atoms with E-state index < -0.39 is 0 Å². The summed E-state index contributed by atoms with van der Waals surface area (Å²) in [5, 5.41) is 0. The summed E-state index contributed by atoms with van der Waals surface area (Å²) >= 11 is 1.25. The first-order valence-electron chi connectivity index (χ1n) is 8.11. The van der Waals surface area contributed by atoms with Crippen molar-refractivity contribution in [1.82, 2.24) is 13.6 Å². The fraction of sp³-hybridized carbons (Fsp3) is 0.444. The molecule has 0 spiro atoms. The van der Waals surface area contributed by atoms with E-state index in [1.165, 1.54) is 37.7 Å². The van der Waals surface area contributed by atoms with E-state index in [4.69, 9.17) is 4.74 Å². The number of hydrogen-bond donors (Lipinski definition) is 0. The van der Waals surface area contributed by atoms with E-state index >= 15 is 0 Å². The maximum absolute atomic E-state index is 5.80. The summed E-state index contributed by atoms with van der Waals surface area (Å²) in [7, 11) is 0. The average molecular weight is 325 g/mol. The highest BCUT2D eigenvalue weighted by Crippen LogP contribution is 2.41. The predicted molar refractivity (Wildman–Crippen MR) is 90.6 cm³/mol. The lowest BCUT2D eigenvalue weighted by atomic mass is 9.77. The number of ether oxygens (including phenoxy) is 1. The van der Waals surface area contributed by atoms with Crippen molar-refractivity contribution in [2.75, 3.05) is 26.2 Å². The molecule has 1 aromatic carbocycles. The molecule has 0 amide bonds. The van der Waals surface area contributed by atoms with Crippen LogP contribution in [0.25, 0.3) is 0 Å². The normalized spacial score (nSPS) is 25.7. The van der Waals surface area contributed by atoms with Gasteiger partial charge in [-0.2, -0.15) is 4.37 Å².